The summed E-state index contributed by atoms with van der Waals surface area (Å²) in [6, 6.07) is 6.95. The van der Waals surface area contributed by atoms with Gasteiger partial charge in [-0.25, -0.2) is 4.39 Å². The monoisotopic (exact) mass is 433 g/mol. The maximum atomic E-state index is 13.7. The normalized spacial score (nSPS) is 18.9. The molecule has 2 aromatic rings. The van der Waals surface area contributed by atoms with E-state index in [1.165, 1.54) is 29.2 Å². The lowest BCUT2D eigenvalue weighted by Gasteiger charge is -2.40. The summed E-state index contributed by atoms with van der Waals surface area (Å²) in [6.45, 7) is 3.24. The lowest BCUT2D eigenvalue weighted by atomic mass is 10.0. The number of alkyl halides is 3. The molecule has 31 heavy (non-hydrogen) atoms. The maximum Gasteiger partial charge on any atom is 0.416 e. The summed E-state index contributed by atoms with van der Waals surface area (Å²) in [5.74, 6) is -0.945. The molecule has 0 saturated heterocycles. The number of rotatable bonds is 2. The minimum absolute atomic E-state index is 0.0859. The highest BCUT2D eigenvalue weighted by Gasteiger charge is 2.37. The van der Waals surface area contributed by atoms with Crippen molar-refractivity contribution in [2.24, 2.45) is 0 Å². The summed E-state index contributed by atoms with van der Waals surface area (Å²) >= 11 is 0. The van der Waals surface area contributed by atoms with Crippen molar-refractivity contribution in [1.82, 2.24) is 10.2 Å². The third-order valence-corrected chi connectivity index (χ3v) is 5.30. The summed E-state index contributed by atoms with van der Waals surface area (Å²) in [7, 11) is 0. The number of fused-ring (bicyclic) bond motifs is 1. The zero-order valence-electron chi connectivity index (χ0n) is 16.7. The fraction of sp³-hybridized carbons (Fsp3) is 0.227. The van der Waals surface area contributed by atoms with E-state index in [0.29, 0.717) is 22.6 Å². The number of aliphatic hydroxyl groups is 1. The molecule has 2 aliphatic heterocycles. The first kappa shape index (κ1) is 20.9. The summed E-state index contributed by atoms with van der Waals surface area (Å²) in [5, 5.41) is 12.5. The summed E-state index contributed by atoms with van der Waals surface area (Å²) in [5.41, 5.74) is 1.30. The maximum absolute atomic E-state index is 13.7. The second kappa shape index (κ2) is 7.42. The molecule has 1 unspecified atom stereocenters. The van der Waals surface area contributed by atoms with Crippen LogP contribution < -0.4 is 10.2 Å². The number of nitrogens with zero attached hydrogens (tertiary/aromatic N) is 2. The third-order valence-electron chi connectivity index (χ3n) is 5.30. The number of nitrogens with one attached hydrogen (secondary N) is 1. The van der Waals surface area contributed by atoms with Gasteiger partial charge in [-0.2, -0.15) is 13.2 Å². The number of dihydropyridines is 1. The van der Waals surface area contributed by atoms with Crippen LogP contribution in [0.5, 0.6) is 0 Å². The van der Waals surface area contributed by atoms with Gasteiger partial charge in [-0.1, -0.05) is 0 Å². The van der Waals surface area contributed by atoms with Crippen molar-refractivity contribution in [2.45, 2.75) is 26.3 Å². The molecule has 0 fully saturated rings. The predicted molar refractivity (Wildman–Crippen MR) is 107 cm³/mol. The van der Waals surface area contributed by atoms with Crippen molar-refractivity contribution in [1.29, 1.82) is 0 Å². The predicted octanol–water partition coefficient (Wildman–Crippen LogP) is 4.41. The second-order valence-corrected chi connectivity index (χ2v) is 7.42. The van der Waals surface area contributed by atoms with Crippen LogP contribution in [0.15, 0.2) is 59.9 Å². The summed E-state index contributed by atoms with van der Waals surface area (Å²) in [6.07, 6.45) is -2.44. The molecule has 2 heterocycles. The van der Waals surface area contributed by atoms with Crippen LogP contribution in [0, 0.1) is 12.7 Å². The summed E-state index contributed by atoms with van der Waals surface area (Å²) in [4.78, 5) is 16.2. The van der Waals surface area contributed by atoms with Crippen molar-refractivity contribution in [3.63, 3.8) is 0 Å². The number of aryl methyl sites for hydroxylation is 1. The first-order valence-electron chi connectivity index (χ1n) is 9.47. The lowest BCUT2D eigenvalue weighted by Crippen LogP contribution is -2.46. The fourth-order valence-corrected chi connectivity index (χ4v) is 3.80. The molecule has 4 rings (SSSR count). The van der Waals surface area contributed by atoms with Gasteiger partial charge in [-0.3, -0.25) is 9.69 Å². The Labute approximate surface area is 175 Å². The van der Waals surface area contributed by atoms with Gasteiger partial charge in [-0.05, 0) is 68.0 Å². The van der Waals surface area contributed by atoms with Gasteiger partial charge in [0, 0.05) is 11.4 Å². The Bertz CT molecular complexity index is 1120. The topological polar surface area (TPSA) is 55.8 Å². The van der Waals surface area contributed by atoms with Gasteiger partial charge in [-0.15, -0.1) is 0 Å². The zero-order chi connectivity index (χ0) is 22.5. The molecule has 5 nitrogen and oxygen atoms in total. The number of amides is 1. The molecular formula is C22H19F4N3O2. The molecule has 162 valence electrons. The highest BCUT2D eigenvalue weighted by molar-refractivity contribution is 6.04. The van der Waals surface area contributed by atoms with Gasteiger partial charge >= 0.3 is 6.18 Å². The highest BCUT2D eigenvalue weighted by atomic mass is 19.4. The van der Waals surface area contributed by atoms with Crippen LogP contribution in [0.2, 0.25) is 0 Å². The smallest absolute Gasteiger partial charge is 0.370 e. The van der Waals surface area contributed by atoms with Gasteiger partial charge in [0.15, 0.2) is 0 Å². The quantitative estimate of drug-likeness (QED) is 0.689. The molecule has 1 amide bonds. The van der Waals surface area contributed by atoms with Gasteiger partial charge in [0.25, 0.3) is 5.91 Å². The Kier molecular flexibility index (Phi) is 5.01. The van der Waals surface area contributed by atoms with Crippen LogP contribution in [0.3, 0.4) is 0 Å². The van der Waals surface area contributed by atoms with Crippen molar-refractivity contribution in [2.75, 3.05) is 11.6 Å². The van der Waals surface area contributed by atoms with Gasteiger partial charge in [0.2, 0.25) is 0 Å². The van der Waals surface area contributed by atoms with E-state index in [-0.39, 0.29) is 17.9 Å². The standard InChI is InChI=1S/C22H19F4N3O2/c1-12-9-15(23)4-6-17(12)28-11-29(18-7-8-20(30)27-13(18)2)21(31)16-5-3-14(10-19(16)28)22(24,25)26/h3-10,20,27,30H,11H2,1-2H3. The number of carbonyl (C=O) groups is 1. The van der Waals surface area contributed by atoms with E-state index in [2.05, 4.69) is 5.32 Å². The number of benzene rings is 2. The highest BCUT2D eigenvalue weighted by Crippen LogP contribution is 2.40. The van der Waals surface area contributed by atoms with Crippen LogP contribution >= 0.6 is 0 Å². The Morgan fingerprint density at radius 2 is 1.81 bits per heavy atom. The van der Waals surface area contributed by atoms with Crippen LogP contribution in [0.4, 0.5) is 28.9 Å². The molecule has 0 aromatic heterocycles. The molecule has 1 atom stereocenters. The van der Waals surface area contributed by atoms with E-state index in [9.17, 15) is 27.5 Å². The van der Waals surface area contributed by atoms with Crippen LogP contribution in [0.1, 0.15) is 28.4 Å². The van der Waals surface area contributed by atoms with E-state index < -0.39 is 29.7 Å². The fourth-order valence-electron chi connectivity index (χ4n) is 3.80. The molecule has 0 radical (unpaired) electrons. The number of halogens is 4. The van der Waals surface area contributed by atoms with E-state index in [4.69, 9.17) is 0 Å². The van der Waals surface area contributed by atoms with Crippen molar-refractivity contribution >= 4 is 17.3 Å². The van der Waals surface area contributed by atoms with Crippen LogP contribution in [-0.2, 0) is 6.18 Å². The van der Waals surface area contributed by atoms with E-state index >= 15 is 0 Å². The van der Waals surface area contributed by atoms with Gasteiger partial charge in [0.05, 0.1) is 22.5 Å². The molecule has 0 bridgehead atoms. The van der Waals surface area contributed by atoms with Crippen molar-refractivity contribution in [3.8, 4) is 0 Å². The number of carbonyl (C=O) groups excluding carboxylic acids is 1. The summed E-state index contributed by atoms with van der Waals surface area (Å²) < 4.78 is 53.7. The molecule has 9 heteroatoms. The van der Waals surface area contributed by atoms with E-state index in [1.807, 2.05) is 0 Å². The van der Waals surface area contributed by atoms with Crippen molar-refractivity contribution in [3.05, 3.63) is 82.5 Å². The van der Waals surface area contributed by atoms with Crippen LogP contribution in [0.25, 0.3) is 0 Å². The zero-order valence-corrected chi connectivity index (χ0v) is 16.7. The molecule has 2 aliphatic rings. The minimum Gasteiger partial charge on any atom is -0.370 e. The minimum atomic E-state index is -4.58. The molecular weight excluding hydrogens is 414 g/mol. The average molecular weight is 433 g/mol. The molecule has 0 aliphatic carbocycles. The largest absolute Gasteiger partial charge is 0.416 e. The van der Waals surface area contributed by atoms with Crippen LogP contribution in [-0.4, -0.2) is 28.8 Å². The Balaban J connectivity index is 1.89. The van der Waals surface area contributed by atoms with E-state index in [1.54, 1.807) is 24.8 Å². The van der Waals surface area contributed by atoms with Gasteiger partial charge in [0.1, 0.15) is 18.7 Å². The lowest BCUT2D eigenvalue weighted by molar-refractivity contribution is -0.137. The molecule has 0 spiro atoms. The molecule has 2 N–H and O–H groups in total. The third kappa shape index (κ3) is 3.76. The number of allylic oxidation sites excluding steroid dienone is 2. The number of hydrogen-bond acceptors (Lipinski definition) is 4. The van der Waals surface area contributed by atoms with E-state index in [0.717, 1.165) is 18.2 Å². The number of hydrogen-bond donors (Lipinski definition) is 2. The Hall–Kier alpha value is -3.33. The molecule has 0 saturated carbocycles. The number of anilines is 2. The Morgan fingerprint density at radius 1 is 1.06 bits per heavy atom. The molecule has 2 aromatic carbocycles. The first-order chi connectivity index (χ1) is 14.6. The SMILES string of the molecule is CC1=C(N2CN(c3ccc(F)cc3C)c3cc(C(F)(F)F)ccc3C2=O)C=CC(O)N1. The first-order valence-corrected chi connectivity index (χ1v) is 9.47. The van der Waals surface area contributed by atoms with Crippen molar-refractivity contribution < 1.29 is 27.5 Å². The average Bonchev–Trinajstić information content (AvgIpc) is 2.68. The Morgan fingerprint density at radius 3 is 2.45 bits per heavy atom. The number of aliphatic hydroxyl groups excluding tert-OH is 1. The second-order valence-electron chi connectivity index (χ2n) is 7.42. The van der Waals surface area contributed by atoms with Gasteiger partial charge < -0.3 is 15.3 Å².